The summed E-state index contributed by atoms with van der Waals surface area (Å²) in [5.41, 5.74) is 6.49. The Morgan fingerprint density at radius 2 is 1.82 bits per heavy atom. The molecule has 0 spiro atoms. The Kier molecular flexibility index (Phi) is 7.31. The van der Waals surface area contributed by atoms with Gasteiger partial charge in [-0.05, 0) is 11.1 Å². The normalized spacial score (nSPS) is 13.2. The van der Waals surface area contributed by atoms with E-state index < -0.39 is 23.9 Å². The van der Waals surface area contributed by atoms with Gasteiger partial charge in [0.1, 0.15) is 6.61 Å². The maximum absolute atomic E-state index is 11.8. The number of carbonyl (C=O) groups is 4. The Morgan fingerprint density at radius 1 is 1.14 bits per heavy atom. The van der Waals surface area contributed by atoms with Crippen LogP contribution in [-0.2, 0) is 36.9 Å². The summed E-state index contributed by atoms with van der Waals surface area (Å²) in [6.45, 7) is 0.412. The molecule has 5 N–H and O–H groups in total. The van der Waals surface area contributed by atoms with E-state index in [-0.39, 0.29) is 44.9 Å². The molecule has 28 heavy (non-hydrogen) atoms. The van der Waals surface area contributed by atoms with Crippen molar-refractivity contribution in [3.8, 4) is 0 Å². The van der Waals surface area contributed by atoms with Crippen molar-refractivity contribution in [2.45, 2.75) is 25.8 Å². The first-order chi connectivity index (χ1) is 13.3. The van der Waals surface area contributed by atoms with Crippen LogP contribution in [0.5, 0.6) is 0 Å². The first-order valence-corrected chi connectivity index (χ1v) is 8.48. The van der Waals surface area contributed by atoms with Crippen molar-refractivity contribution in [3.63, 3.8) is 0 Å². The molecule has 11 nitrogen and oxygen atoms in total. The summed E-state index contributed by atoms with van der Waals surface area (Å²) in [7, 11) is 0. The summed E-state index contributed by atoms with van der Waals surface area (Å²) in [4.78, 5) is 51.0. The molecule has 1 fully saturated rings. The number of carbonyl (C=O) groups excluding carboxylic acids is 4. The number of guanidine groups is 1. The lowest BCUT2D eigenvalue weighted by molar-refractivity contribution is -0.171. The van der Waals surface area contributed by atoms with Gasteiger partial charge in [-0.3, -0.25) is 19.8 Å². The second-order valence-electron chi connectivity index (χ2n) is 5.87. The van der Waals surface area contributed by atoms with E-state index in [1.54, 1.807) is 24.3 Å². The van der Waals surface area contributed by atoms with Gasteiger partial charge in [0.05, 0.1) is 13.0 Å². The third kappa shape index (κ3) is 6.59. The molecular formula is C17H21N5O6. The van der Waals surface area contributed by atoms with Gasteiger partial charge < -0.3 is 25.9 Å². The van der Waals surface area contributed by atoms with Crippen molar-refractivity contribution in [1.82, 2.24) is 15.7 Å². The van der Waals surface area contributed by atoms with E-state index in [0.29, 0.717) is 16.2 Å². The van der Waals surface area contributed by atoms with Crippen LogP contribution in [0.1, 0.15) is 24.0 Å². The highest BCUT2D eigenvalue weighted by Gasteiger charge is 2.32. The molecular weight excluding hydrogens is 370 g/mol. The van der Waals surface area contributed by atoms with Crippen LogP contribution in [0.15, 0.2) is 24.3 Å². The third-order valence-corrected chi connectivity index (χ3v) is 3.64. The lowest BCUT2D eigenvalue weighted by Gasteiger charge is -2.13. The van der Waals surface area contributed by atoms with Crippen LogP contribution in [0.25, 0.3) is 0 Å². The molecule has 1 aromatic rings. The van der Waals surface area contributed by atoms with Crippen LogP contribution in [0, 0.1) is 5.41 Å². The van der Waals surface area contributed by atoms with Gasteiger partial charge in [-0.15, -0.1) is 5.06 Å². The molecule has 0 aromatic heterocycles. The summed E-state index contributed by atoms with van der Waals surface area (Å²) in [5, 5.41) is 12.4. The largest absolute Gasteiger partial charge is 0.464 e. The fraction of sp³-hybridized carbons (Fsp3) is 0.353. The fourth-order valence-electron chi connectivity index (χ4n) is 2.37. The molecule has 1 aromatic carbocycles. The van der Waals surface area contributed by atoms with Crippen LogP contribution in [0.4, 0.5) is 4.79 Å². The van der Waals surface area contributed by atoms with E-state index in [1.807, 2.05) is 0 Å². The van der Waals surface area contributed by atoms with Crippen LogP contribution >= 0.6 is 0 Å². The molecule has 2 rings (SSSR count). The first-order valence-electron chi connectivity index (χ1n) is 8.48. The maximum atomic E-state index is 11.8. The predicted octanol–water partition coefficient (Wildman–Crippen LogP) is -0.454. The minimum atomic E-state index is -0.925. The molecule has 1 saturated heterocycles. The number of nitrogens with zero attached hydrogens (tertiary/aromatic N) is 1. The molecule has 1 heterocycles. The molecule has 0 saturated carbocycles. The quantitative estimate of drug-likeness (QED) is 0.152. The average Bonchev–Trinajstić information content (AvgIpc) is 2.96. The molecule has 0 unspecified atom stereocenters. The number of benzene rings is 1. The number of hydrogen-bond donors (Lipinski definition) is 4. The van der Waals surface area contributed by atoms with Crippen molar-refractivity contribution >= 4 is 29.8 Å². The summed E-state index contributed by atoms with van der Waals surface area (Å²) < 4.78 is 5.02. The molecule has 1 aliphatic rings. The number of hydrogen-bond acceptors (Lipinski definition) is 7. The lowest BCUT2D eigenvalue weighted by atomic mass is 10.1. The molecule has 0 radical (unpaired) electrons. The number of imide groups is 1. The van der Waals surface area contributed by atoms with Crippen molar-refractivity contribution in [2.75, 3.05) is 13.2 Å². The van der Waals surface area contributed by atoms with Gasteiger partial charge in [0.15, 0.2) is 5.96 Å². The van der Waals surface area contributed by atoms with Crippen LogP contribution in [0.2, 0.25) is 0 Å². The van der Waals surface area contributed by atoms with Gasteiger partial charge in [0.2, 0.25) is 0 Å². The number of esters is 1. The van der Waals surface area contributed by atoms with E-state index in [0.717, 1.165) is 0 Å². The van der Waals surface area contributed by atoms with Crippen LogP contribution in [-0.4, -0.2) is 48.1 Å². The van der Waals surface area contributed by atoms with Gasteiger partial charge >= 0.3 is 12.1 Å². The molecule has 150 valence electrons. The molecule has 0 bridgehead atoms. The summed E-state index contributed by atoms with van der Waals surface area (Å²) >= 11 is 0. The van der Waals surface area contributed by atoms with E-state index in [2.05, 4.69) is 10.6 Å². The van der Waals surface area contributed by atoms with Gasteiger partial charge in [-0.2, -0.15) is 0 Å². The standard InChI is InChI=1S/C17H21N5O6/c18-16(19)20-6-7-27-15(25)9-11-2-1-3-12(8-11)10-21-17(26)28-22-13(23)4-5-14(22)24/h1-3,8H,4-7,9-10H2,(H,21,26)(H4,18,19,20). The average molecular weight is 391 g/mol. The van der Waals surface area contributed by atoms with Gasteiger partial charge in [-0.1, -0.05) is 24.3 Å². The number of nitrogens with one attached hydrogen (secondary N) is 3. The summed E-state index contributed by atoms with van der Waals surface area (Å²) in [5.74, 6) is -1.76. The molecule has 0 aliphatic carbocycles. The Labute approximate surface area is 160 Å². The summed E-state index contributed by atoms with van der Waals surface area (Å²) in [6, 6.07) is 6.90. The minimum Gasteiger partial charge on any atom is -0.464 e. The zero-order valence-corrected chi connectivity index (χ0v) is 15.0. The number of nitrogens with two attached hydrogens (primary N) is 1. The van der Waals surface area contributed by atoms with Crippen molar-refractivity contribution in [2.24, 2.45) is 5.73 Å². The highest BCUT2D eigenvalue weighted by molar-refractivity contribution is 6.01. The Balaban J connectivity index is 1.77. The summed E-state index contributed by atoms with van der Waals surface area (Å²) in [6.07, 6.45) is -0.842. The van der Waals surface area contributed by atoms with E-state index in [1.165, 1.54) is 0 Å². The highest BCUT2D eigenvalue weighted by Crippen LogP contribution is 2.12. The second-order valence-corrected chi connectivity index (χ2v) is 5.87. The van der Waals surface area contributed by atoms with E-state index >= 15 is 0 Å². The predicted molar refractivity (Wildman–Crippen MR) is 95.4 cm³/mol. The number of ether oxygens (including phenoxy) is 1. The van der Waals surface area contributed by atoms with Gasteiger partial charge in [0.25, 0.3) is 11.8 Å². The van der Waals surface area contributed by atoms with E-state index in [9.17, 15) is 19.2 Å². The molecule has 1 aliphatic heterocycles. The van der Waals surface area contributed by atoms with Gasteiger partial charge in [-0.25, -0.2) is 4.79 Å². The topological polar surface area (TPSA) is 164 Å². The monoisotopic (exact) mass is 391 g/mol. The van der Waals surface area contributed by atoms with E-state index in [4.69, 9.17) is 20.7 Å². The SMILES string of the molecule is N=C(N)NCCOC(=O)Cc1cccc(CNC(=O)ON2C(=O)CCC2=O)c1. The fourth-order valence-corrected chi connectivity index (χ4v) is 2.37. The van der Waals surface area contributed by atoms with Crippen LogP contribution in [0.3, 0.4) is 0 Å². The third-order valence-electron chi connectivity index (χ3n) is 3.64. The smallest absolute Gasteiger partial charge is 0.432 e. The Morgan fingerprint density at radius 3 is 2.50 bits per heavy atom. The maximum Gasteiger partial charge on any atom is 0.432 e. The first kappa shape index (κ1) is 20.7. The Bertz CT molecular complexity index is 765. The zero-order valence-electron chi connectivity index (χ0n) is 15.0. The van der Waals surface area contributed by atoms with Crippen molar-refractivity contribution in [1.29, 1.82) is 5.41 Å². The molecule has 3 amide bonds. The number of hydroxylamine groups is 2. The Hall–Kier alpha value is -3.63. The number of amides is 3. The highest BCUT2D eigenvalue weighted by atomic mass is 16.7. The lowest BCUT2D eigenvalue weighted by Crippen LogP contribution is -2.36. The molecule has 0 atom stereocenters. The second kappa shape index (κ2) is 9.90. The van der Waals surface area contributed by atoms with Crippen molar-refractivity contribution in [3.05, 3.63) is 35.4 Å². The van der Waals surface area contributed by atoms with Crippen molar-refractivity contribution < 1.29 is 28.8 Å². The minimum absolute atomic E-state index is 0.0229. The van der Waals surface area contributed by atoms with Gasteiger partial charge in [0, 0.05) is 19.4 Å². The zero-order chi connectivity index (χ0) is 20.5. The molecule has 11 heteroatoms. The number of rotatable bonds is 8. The van der Waals surface area contributed by atoms with Crippen LogP contribution < -0.4 is 16.4 Å².